The number of hydrogen-bond acceptors (Lipinski definition) is 7. The molecule has 1 amide bonds. The highest BCUT2D eigenvalue weighted by molar-refractivity contribution is 5.81. The van der Waals surface area contributed by atoms with Crippen LogP contribution in [0.5, 0.6) is 11.5 Å². The average molecular weight is 419 g/mol. The first kappa shape index (κ1) is 20.6. The normalized spacial score (nSPS) is 14.8. The van der Waals surface area contributed by atoms with Crippen LogP contribution in [0.2, 0.25) is 0 Å². The molecule has 160 valence electrons. The summed E-state index contributed by atoms with van der Waals surface area (Å²) in [5.41, 5.74) is 1.72. The van der Waals surface area contributed by atoms with Crippen LogP contribution in [0, 0.1) is 0 Å². The molecule has 0 bridgehead atoms. The molecule has 0 saturated carbocycles. The topological polar surface area (TPSA) is 80.7 Å². The molecule has 0 N–H and O–H groups in total. The second kappa shape index (κ2) is 9.42. The van der Waals surface area contributed by atoms with Crippen molar-refractivity contribution < 1.29 is 14.3 Å². The fourth-order valence-corrected chi connectivity index (χ4v) is 3.48. The van der Waals surface area contributed by atoms with Gasteiger partial charge in [-0.3, -0.25) is 9.78 Å². The third-order valence-electron chi connectivity index (χ3n) is 5.24. The zero-order valence-corrected chi connectivity index (χ0v) is 17.6. The lowest BCUT2D eigenvalue weighted by Gasteiger charge is -2.36. The third kappa shape index (κ3) is 4.91. The van der Waals surface area contributed by atoms with Gasteiger partial charge < -0.3 is 19.3 Å². The van der Waals surface area contributed by atoms with Crippen molar-refractivity contribution in [2.24, 2.45) is 0 Å². The van der Waals surface area contributed by atoms with Crippen LogP contribution in [0.4, 0.5) is 5.82 Å². The molecule has 3 heterocycles. The molecule has 2 aromatic heterocycles. The molecule has 0 radical (unpaired) electrons. The summed E-state index contributed by atoms with van der Waals surface area (Å²) >= 11 is 0. The predicted octanol–water partition coefficient (Wildman–Crippen LogP) is 2.66. The van der Waals surface area contributed by atoms with Gasteiger partial charge in [-0.15, -0.1) is 10.2 Å². The number of amides is 1. The van der Waals surface area contributed by atoms with E-state index in [-0.39, 0.29) is 5.91 Å². The molecule has 1 fully saturated rings. The van der Waals surface area contributed by atoms with Gasteiger partial charge in [0.2, 0.25) is 0 Å². The van der Waals surface area contributed by atoms with Crippen molar-refractivity contribution in [1.82, 2.24) is 20.1 Å². The van der Waals surface area contributed by atoms with Gasteiger partial charge in [0.15, 0.2) is 11.9 Å². The third-order valence-corrected chi connectivity index (χ3v) is 5.24. The Labute approximate surface area is 181 Å². The molecule has 1 atom stereocenters. The summed E-state index contributed by atoms with van der Waals surface area (Å²) in [4.78, 5) is 20.9. The fourth-order valence-electron chi connectivity index (χ4n) is 3.48. The first-order chi connectivity index (χ1) is 15.1. The number of carbonyl (C=O) groups excluding carboxylic acids is 1. The van der Waals surface area contributed by atoms with Gasteiger partial charge in [0.05, 0.1) is 12.8 Å². The number of anilines is 1. The molecule has 1 unspecified atom stereocenters. The molecule has 1 aromatic carbocycles. The molecule has 1 aliphatic rings. The van der Waals surface area contributed by atoms with Crippen molar-refractivity contribution in [1.29, 1.82) is 0 Å². The Hall–Kier alpha value is -3.68. The van der Waals surface area contributed by atoms with Crippen LogP contribution < -0.4 is 14.4 Å². The first-order valence-electron chi connectivity index (χ1n) is 10.2. The van der Waals surface area contributed by atoms with Gasteiger partial charge in [-0.1, -0.05) is 0 Å². The second-order valence-electron chi connectivity index (χ2n) is 7.27. The fraction of sp³-hybridized carbons (Fsp3) is 0.304. The van der Waals surface area contributed by atoms with E-state index < -0.39 is 6.10 Å². The van der Waals surface area contributed by atoms with Crippen molar-refractivity contribution in [3.05, 3.63) is 60.9 Å². The van der Waals surface area contributed by atoms with Crippen LogP contribution in [-0.2, 0) is 4.79 Å². The van der Waals surface area contributed by atoms with Gasteiger partial charge in [0.1, 0.15) is 11.5 Å². The lowest BCUT2D eigenvalue weighted by molar-refractivity contribution is -0.138. The summed E-state index contributed by atoms with van der Waals surface area (Å²) in [6.07, 6.45) is 2.94. The molecular formula is C23H25N5O3. The SMILES string of the molecule is COc1ccc(OC(C)C(=O)N2CCN(c3ccc(-c4cccnc4)nn3)CC2)cc1. The van der Waals surface area contributed by atoms with Crippen molar-refractivity contribution in [3.8, 4) is 22.8 Å². The molecule has 1 aliphatic heterocycles. The van der Waals surface area contributed by atoms with Crippen molar-refractivity contribution in [2.45, 2.75) is 13.0 Å². The molecular weight excluding hydrogens is 394 g/mol. The van der Waals surface area contributed by atoms with Crippen LogP contribution >= 0.6 is 0 Å². The zero-order chi connectivity index (χ0) is 21.6. The van der Waals surface area contributed by atoms with Gasteiger partial charge >= 0.3 is 0 Å². The van der Waals surface area contributed by atoms with Gasteiger partial charge in [0.25, 0.3) is 5.91 Å². The average Bonchev–Trinajstić information content (AvgIpc) is 2.85. The number of ether oxygens (including phenoxy) is 2. The number of benzene rings is 1. The Morgan fingerprint density at radius 2 is 1.71 bits per heavy atom. The van der Waals surface area contributed by atoms with Crippen molar-refractivity contribution >= 4 is 11.7 Å². The summed E-state index contributed by atoms with van der Waals surface area (Å²) in [5, 5.41) is 8.69. The highest BCUT2D eigenvalue weighted by Gasteiger charge is 2.26. The maximum Gasteiger partial charge on any atom is 0.263 e. The highest BCUT2D eigenvalue weighted by atomic mass is 16.5. The Bertz CT molecular complexity index is 988. The summed E-state index contributed by atoms with van der Waals surface area (Å²) in [6, 6.07) is 15.0. The first-order valence-corrected chi connectivity index (χ1v) is 10.2. The summed E-state index contributed by atoms with van der Waals surface area (Å²) < 4.78 is 11.0. The van der Waals surface area contributed by atoms with Crippen LogP contribution in [0.25, 0.3) is 11.3 Å². The lowest BCUT2D eigenvalue weighted by atomic mass is 10.2. The van der Waals surface area contributed by atoms with Gasteiger partial charge in [-0.2, -0.15) is 0 Å². The van der Waals surface area contributed by atoms with Crippen molar-refractivity contribution in [3.63, 3.8) is 0 Å². The standard InChI is InChI=1S/C23H25N5O3/c1-17(31-20-7-5-19(30-2)6-8-20)23(29)28-14-12-27(13-15-28)22-10-9-21(25-26-22)18-4-3-11-24-16-18/h3-11,16-17H,12-15H2,1-2H3. The molecule has 4 rings (SSSR count). The van der Waals surface area contributed by atoms with Crippen LogP contribution in [0.1, 0.15) is 6.92 Å². The zero-order valence-electron chi connectivity index (χ0n) is 17.6. The highest BCUT2D eigenvalue weighted by Crippen LogP contribution is 2.20. The van der Waals surface area contributed by atoms with Crippen LogP contribution in [-0.4, -0.2) is 65.4 Å². The van der Waals surface area contributed by atoms with E-state index >= 15 is 0 Å². The molecule has 0 spiro atoms. The second-order valence-corrected chi connectivity index (χ2v) is 7.27. The smallest absolute Gasteiger partial charge is 0.263 e. The number of pyridine rings is 1. The summed E-state index contributed by atoms with van der Waals surface area (Å²) in [6.45, 7) is 4.40. The Kier molecular flexibility index (Phi) is 6.26. The summed E-state index contributed by atoms with van der Waals surface area (Å²) in [7, 11) is 1.61. The van der Waals surface area contributed by atoms with Gasteiger partial charge in [-0.25, -0.2) is 0 Å². The van der Waals surface area contributed by atoms with Crippen LogP contribution in [0.15, 0.2) is 60.9 Å². The maximum atomic E-state index is 12.8. The van der Waals surface area contributed by atoms with E-state index in [4.69, 9.17) is 9.47 Å². The molecule has 3 aromatic rings. The minimum Gasteiger partial charge on any atom is -0.497 e. The van der Waals surface area contributed by atoms with Crippen LogP contribution in [0.3, 0.4) is 0 Å². The maximum absolute atomic E-state index is 12.8. The monoisotopic (exact) mass is 419 g/mol. The van der Waals surface area contributed by atoms with Gasteiger partial charge in [0, 0.05) is 44.1 Å². The molecule has 8 nitrogen and oxygen atoms in total. The molecule has 31 heavy (non-hydrogen) atoms. The number of nitrogens with zero attached hydrogens (tertiary/aromatic N) is 5. The molecule has 1 saturated heterocycles. The minimum absolute atomic E-state index is 0.0199. The molecule has 0 aliphatic carbocycles. The number of rotatable bonds is 6. The van der Waals surface area contributed by atoms with Crippen molar-refractivity contribution in [2.75, 3.05) is 38.2 Å². The number of aromatic nitrogens is 3. The van der Waals surface area contributed by atoms with E-state index in [9.17, 15) is 4.79 Å². The Balaban J connectivity index is 1.31. The van der Waals surface area contributed by atoms with Gasteiger partial charge in [-0.05, 0) is 55.5 Å². The van der Waals surface area contributed by atoms with E-state index in [1.54, 1.807) is 38.6 Å². The Morgan fingerprint density at radius 3 is 2.32 bits per heavy atom. The largest absolute Gasteiger partial charge is 0.497 e. The number of hydrogen-bond donors (Lipinski definition) is 0. The van der Waals surface area contributed by atoms with E-state index in [0.717, 1.165) is 22.8 Å². The molecule has 8 heteroatoms. The number of methoxy groups -OCH3 is 1. The Morgan fingerprint density at radius 1 is 0.968 bits per heavy atom. The minimum atomic E-state index is -0.557. The van der Waals surface area contributed by atoms with E-state index in [2.05, 4.69) is 20.1 Å². The summed E-state index contributed by atoms with van der Waals surface area (Å²) in [5.74, 6) is 2.18. The number of piperazine rings is 1. The van der Waals surface area contributed by atoms with E-state index in [1.165, 1.54) is 0 Å². The predicted molar refractivity (Wildman–Crippen MR) is 117 cm³/mol. The quantitative estimate of drug-likeness (QED) is 0.608. The van der Waals surface area contributed by atoms with E-state index in [0.29, 0.717) is 31.9 Å². The lowest BCUT2D eigenvalue weighted by Crippen LogP contribution is -2.52. The number of carbonyl (C=O) groups is 1. The van der Waals surface area contributed by atoms with E-state index in [1.807, 2.05) is 41.3 Å².